The third-order valence-electron chi connectivity index (χ3n) is 4.03. The lowest BCUT2D eigenvalue weighted by Gasteiger charge is -2.26. The van der Waals surface area contributed by atoms with Crippen LogP contribution in [0.5, 0.6) is 0 Å². The molecular weight excluding hydrogens is 384 g/mol. The minimum Gasteiger partial charge on any atom is -0.456 e. The summed E-state index contributed by atoms with van der Waals surface area (Å²) in [6, 6.07) is 6.46. The molecule has 0 unspecified atom stereocenters. The SMILES string of the molecule is CC(C)(C)NC(=O)COC(=O)CCc1ccc(S(=O)(=O)N2CCOCC2)cc1. The first-order valence-electron chi connectivity index (χ1n) is 9.21. The second kappa shape index (κ2) is 9.49. The standard InChI is InChI=1S/C19H28N2O6S/c1-19(2,3)20-17(22)14-27-18(23)9-6-15-4-7-16(8-5-15)28(24,25)21-10-12-26-13-11-21/h4-5,7-8H,6,9-14H2,1-3H3,(H,20,22). The summed E-state index contributed by atoms with van der Waals surface area (Å²) in [5, 5.41) is 2.71. The Morgan fingerprint density at radius 3 is 2.32 bits per heavy atom. The zero-order chi connectivity index (χ0) is 20.8. The molecule has 0 saturated carbocycles. The van der Waals surface area contributed by atoms with Crippen molar-refractivity contribution in [1.82, 2.24) is 9.62 Å². The monoisotopic (exact) mass is 412 g/mol. The zero-order valence-corrected chi connectivity index (χ0v) is 17.4. The number of nitrogens with one attached hydrogen (secondary N) is 1. The number of nitrogens with zero attached hydrogens (tertiary/aromatic N) is 1. The van der Waals surface area contributed by atoms with Crippen LogP contribution < -0.4 is 5.32 Å². The average molecular weight is 413 g/mol. The third-order valence-corrected chi connectivity index (χ3v) is 5.94. The van der Waals surface area contributed by atoms with Gasteiger partial charge in [-0.15, -0.1) is 0 Å². The Morgan fingerprint density at radius 1 is 1.14 bits per heavy atom. The Morgan fingerprint density at radius 2 is 1.75 bits per heavy atom. The van der Waals surface area contributed by atoms with E-state index < -0.39 is 16.0 Å². The van der Waals surface area contributed by atoms with Gasteiger partial charge in [-0.2, -0.15) is 4.31 Å². The van der Waals surface area contributed by atoms with Gasteiger partial charge in [-0.05, 0) is 44.9 Å². The van der Waals surface area contributed by atoms with E-state index in [1.807, 2.05) is 20.8 Å². The number of morpholine rings is 1. The summed E-state index contributed by atoms with van der Waals surface area (Å²) in [4.78, 5) is 23.7. The van der Waals surface area contributed by atoms with Crippen LogP contribution in [0.2, 0.25) is 0 Å². The van der Waals surface area contributed by atoms with Crippen molar-refractivity contribution in [3.8, 4) is 0 Å². The first kappa shape index (κ1) is 22.3. The number of amides is 1. The molecule has 28 heavy (non-hydrogen) atoms. The molecule has 0 atom stereocenters. The van der Waals surface area contributed by atoms with Gasteiger partial charge in [-0.3, -0.25) is 9.59 Å². The quantitative estimate of drug-likeness (QED) is 0.673. The zero-order valence-electron chi connectivity index (χ0n) is 16.6. The smallest absolute Gasteiger partial charge is 0.306 e. The maximum atomic E-state index is 12.6. The molecule has 8 nitrogen and oxygen atoms in total. The Balaban J connectivity index is 1.82. The van der Waals surface area contributed by atoms with Crippen LogP contribution in [0.4, 0.5) is 0 Å². The van der Waals surface area contributed by atoms with Crippen molar-refractivity contribution >= 4 is 21.9 Å². The fourth-order valence-electron chi connectivity index (χ4n) is 2.68. The number of aryl methyl sites for hydroxylation is 1. The van der Waals surface area contributed by atoms with E-state index >= 15 is 0 Å². The molecule has 1 fully saturated rings. The molecule has 1 aromatic rings. The Labute approximate surface area is 166 Å². The lowest BCUT2D eigenvalue weighted by Crippen LogP contribution is -2.42. The first-order valence-corrected chi connectivity index (χ1v) is 10.7. The van der Waals surface area contributed by atoms with Gasteiger partial charge in [0, 0.05) is 25.0 Å². The fraction of sp³-hybridized carbons (Fsp3) is 0.579. The van der Waals surface area contributed by atoms with Crippen LogP contribution in [0, 0.1) is 0 Å². The van der Waals surface area contributed by atoms with E-state index in [2.05, 4.69) is 5.32 Å². The van der Waals surface area contributed by atoms with Crippen molar-refractivity contribution in [2.45, 2.75) is 44.0 Å². The number of hydrogen-bond acceptors (Lipinski definition) is 6. The molecule has 9 heteroatoms. The van der Waals surface area contributed by atoms with E-state index in [0.717, 1.165) is 5.56 Å². The summed E-state index contributed by atoms with van der Waals surface area (Å²) in [5.74, 6) is -0.826. The highest BCUT2D eigenvalue weighted by molar-refractivity contribution is 7.89. The van der Waals surface area contributed by atoms with E-state index in [1.165, 1.54) is 4.31 Å². The number of hydrogen-bond donors (Lipinski definition) is 1. The molecule has 1 amide bonds. The number of esters is 1. The van der Waals surface area contributed by atoms with Crippen molar-refractivity contribution in [2.75, 3.05) is 32.9 Å². The van der Waals surface area contributed by atoms with Crippen molar-refractivity contribution in [3.05, 3.63) is 29.8 Å². The topological polar surface area (TPSA) is 102 Å². The van der Waals surface area contributed by atoms with Crippen molar-refractivity contribution in [2.24, 2.45) is 0 Å². The largest absolute Gasteiger partial charge is 0.456 e. The van der Waals surface area contributed by atoms with Crippen LogP contribution in [0.15, 0.2) is 29.2 Å². The molecule has 1 aromatic carbocycles. The maximum absolute atomic E-state index is 12.6. The molecule has 1 aliphatic heterocycles. The van der Waals surface area contributed by atoms with Crippen molar-refractivity contribution in [1.29, 1.82) is 0 Å². The van der Waals surface area contributed by atoms with Gasteiger partial charge in [-0.25, -0.2) is 8.42 Å². The van der Waals surface area contributed by atoms with Gasteiger partial charge in [0.25, 0.3) is 5.91 Å². The first-order chi connectivity index (χ1) is 13.1. The molecule has 156 valence electrons. The van der Waals surface area contributed by atoms with Gasteiger partial charge in [0.1, 0.15) is 0 Å². The highest BCUT2D eigenvalue weighted by atomic mass is 32.2. The molecular formula is C19H28N2O6S. The van der Waals surface area contributed by atoms with E-state index in [0.29, 0.717) is 32.7 Å². The molecule has 0 aliphatic carbocycles. The lowest BCUT2D eigenvalue weighted by atomic mass is 10.1. The second-order valence-corrected chi connectivity index (χ2v) is 9.56. The summed E-state index contributed by atoms with van der Waals surface area (Å²) in [6.45, 7) is 6.70. The van der Waals surface area contributed by atoms with Crippen molar-refractivity contribution < 1.29 is 27.5 Å². The maximum Gasteiger partial charge on any atom is 0.306 e. The van der Waals surface area contributed by atoms with E-state index in [1.54, 1.807) is 24.3 Å². The Kier molecular flexibility index (Phi) is 7.56. The molecule has 1 N–H and O–H groups in total. The van der Waals surface area contributed by atoms with Crippen LogP contribution in [-0.2, 0) is 35.5 Å². The average Bonchev–Trinajstić information content (AvgIpc) is 2.64. The van der Waals surface area contributed by atoms with Crippen LogP contribution in [0.3, 0.4) is 0 Å². The predicted octanol–water partition coefficient (Wildman–Crippen LogP) is 1.10. The van der Waals surface area contributed by atoms with Gasteiger partial charge >= 0.3 is 5.97 Å². The molecule has 1 heterocycles. The van der Waals surface area contributed by atoms with Gasteiger partial charge in [0.05, 0.1) is 18.1 Å². The highest BCUT2D eigenvalue weighted by Gasteiger charge is 2.26. The second-order valence-electron chi connectivity index (χ2n) is 7.62. The number of carbonyl (C=O) groups excluding carboxylic acids is 2. The fourth-order valence-corrected chi connectivity index (χ4v) is 4.09. The summed E-state index contributed by atoms with van der Waals surface area (Å²) in [5.41, 5.74) is 0.435. The van der Waals surface area contributed by atoms with Crippen molar-refractivity contribution in [3.63, 3.8) is 0 Å². The summed E-state index contributed by atoms with van der Waals surface area (Å²) in [7, 11) is -3.53. The number of rotatable bonds is 7. The molecule has 1 aliphatic rings. The van der Waals surface area contributed by atoms with E-state index in [4.69, 9.17) is 9.47 Å². The molecule has 0 aromatic heterocycles. The number of sulfonamides is 1. The number of carbonyl (C=O) groups is 2. The van der Waals surface area contributed by atoms with Gasteiger partial charge in [0.15, 0.2) is 6.61 Å². The third kappa shape index (κ3) is 6.88. The lowest BCUT2D eigenvalue weighted by molar-refractivity contribution is -0.148. The molecule has 0 bridgehead atoms. The predicted molar refractivity (Wildman–Crippen MR) is 103 cm³/mol. The van der Waals surface area contributed by atoms with Gasteiger partial charge < -0.3 is 14.8 Å². The highest BCUT2D eigenvalue weighted by Crippen LogP contribution is 2.18. The number of ether oxygens (including phenoxy) is 2. The van der Waals surface area contributed by atoms with E-state index in [-0.39, 0.29) is 29.4 Å². The Hall–Kier alpha value is -1.97. The van der Waals surface area contributed by atoms with Gasteiger partial charge in [0.2, 0.25) is 10.0 Å². The summed E-state index contributed by atoms with van der Waals surface area (Å²) >= 11 is 0. The van der Waals surface area contributed by atoms with E-state index in [9.17, 15) is 18.0 Å². The summed E-state index contributed by atoms with van der Waals surface area (Å²) < 4.78 is 36.7. The van der Waals surface area contributed by atoms with Crippen LogP contribution >= 0.6 is 0 Å². The normalized spacial score (nSPS) is 15.8. The molecule has 0 radical (unpaired) electrons. The minimum atomic E-state index is -3.53. The van der Waals surface area contributed by atoms with Gasteiger partial charge in [-0.1, -0.05) is 12.1 Å². The van der Waals surface area contributed by atoms with Crippen LogP contribution in [0.25, 0.3) is 0 Å². The Bertz CT molecular complexity index is 778. The molecule has 2 rings (SSSR count). The molecule has 0 spiro atoms. The minimum absolute atomic E-state index is 0.109. The van der Waals surface area contributed by atoms with Crippen LogP contribution in [-0.4, -0.2) is 63.0 Å². The number of benzene rings is 1. The van der Waals surface area contributed by atoms with Crippen LogP contribution in [0.1, 0.15) is 32.8 Å². The summed E-state index contributed by atoms with van der Waals surface area (Å²) in [6.07, 6.45) is 0.510. The molecule has 1 saturated heterocycles.